The van der Waals surface area contributed by atoms with Gasteiger partial charge in [-0.25, -0.2) is 0 Å². The lowest BCUT2D eigenvalue weighted by Gasteiger charge is -1.99. The summed E-state index contributed by atoms with van der Waals surface area (Å²) < 4.78 is 5.71. The number of furan rings is 1. The quantitative estimate of drug-likeness (QED) is 0.492. The third-order valence-electron chi connectivity index (χ3n) is 2.99. The molecule has 0 atom stereocenters. The van der Waals surface area contributed by atoms with Gasteiger partial charge in [0.25, 0.3) is 0 Å². The highest BCUT2D eigenvalue weighted by molar-refractivity contribution is 6.42. The van der Waals surface area contributed by atoms with Crippen molar-refractivity contribution in [1.29, 1.82) is 0 Å². The Labute approximate surface area is 138 Å². The molecule has 110 valence electrons. The Bertz CT molecular complexity index is 797. The first-order chi connectivity index (χ1) is 10.7. The van der Waals surface area contributed by atoms with Crippen molar-refractivity contribution in [3.63, 3.8) is 0 Å². The molecule has 0 spiro atoms. The molecule has 0 saturated heterocycles. The molecule has 0 aliphatic carbocycles. The lowest BCUT2D eigenvalue weighted by Crippen LogP contribution is -1.88. The van der Waals surface area contributed by atoms with E-state index in [2.05, 4.69) is 10.5 Å². The van der Waals surface area contributed by atoms with Crippen LogP contribution in [0.3, 0.4) is 0 Å². The van der Waals surface area contributed by atoms with E-state index in [1.807, 2.05) is 48.5 Å². The van der Waals surface area contributed by atoms with Crippen LogP contribution in [-0.4, -0.2) is 6.21 Å². The predicted octanol–water partition coefficient (Wildman–Crippen LogP) is 5.70. The van der Waals surface area contributed by atoms with Crippen LogP contribution in [0, 0.1) is 0 Å². The van der Waals surface area contributed by atoms with E-state index in [0.717, 1.165) is 11.3 Å². The van der Waals surface area contributed by atoms with Gasteiger partial charge in [-0.2, -0.15) is 5.10 Å². The Kier molecular flexibility index (Phi) is 4.47. The standard InChI is InChI=1S/C17H12Cl2N2O/c18-15-8-6-12(10-16(15)19)17-9-7-14(22-17)11-20-21-13-4-2-1-3-5-13/h1-11,21H/b20-11+. The van der Waals surface area contributed by atoms with Crippen molar-refractivity contribution in [1.82, 2.24) is 0 Å². The molecule has 0 fully saturated rings. The normalized spacial score (nSPS) is 11.0. The second-order valence-electron chi connectivity index (χ2n) is 4.57. The molecular weight excluding hydrogens is 319 g/mol. The summed E-state index contributed by atoms with van der Waals surface area (Å²) >= 11 is 11.9. The van der Waals surface area contributed by atoms with E-state index in [1.54, 1.807) is 18.3 Å². The Morgan fingerprint density at radius 1 is 0.909 bits per heavy atom. The number of halogens is 2. The van der Waals surface area contributed by atoms with Crippen molar-refractivity contribution in [2.24, 2.45) is 5.10 Å². The summed E-state index contributed by atoms with van der Waals surface area (Å²) in [4.78, 5) is 0. The lowest BCUT2D eigenvalue weighted by atomic mass is 10.2. The average Bonchev–Trinajstić information content (AvgIpc) is 3.00. The Hall–Kier alpha value is -2.23. The number of hydrazone groups is 1. The van der Waals surface area contributed by atoms with Gasteiger partial charge in [-0.05, 0) is 42.5 Å². The van der Waals surface area contributed by atoms with E-state index >= 15 is 0 Å². The van der Waals surface area contributed by atoms with Gasteiger partial charge in [0.15, 0.2) is 0 Å². The van der Waals surface area contributed by atoms with E-state index in [-0.39, 0.29) is 0 Å². The van der Waals surface area contributed by atoms with E-state index < -0.39 is 0 Å². The van der Waals surface area contributed by atoms with Gasteiger partial charge in [0, 0.05) is 5.56 Å². The third-order valence-corrected chi connectivity index (χ3v) is 3.73. The van der Waals surface area contributed by atoms with Crippen LogP contribution >= 0.6 is 23.2 Å². The summed E-state index contributed by atoms with van der Waals surface area (Å²) in [5, 5.41) is 5.15. The van der Waals surface area contributed by atoms with Gasteiger partial charge >= 0.3 is 0 Å². The highest BCUT2D eigenvalue weighted by Crippen LogP contribution is 2.29. The molecule has 3 aromatic rings. The molecule has 3 rings (SSSR count). The fourth-order valence-corrected chi connectivity index (χ4v) is 2.21. The molecule has 0 saturated carbocycles. The fourth-order valence-electron chi connectivity index (χ4n) is 1.91. The summed E-state index contributed by atoms with van der Waals surface area (Å²) in [6.07, 6.45) is 1.62. The number of hydrogen-bond donors (Lipinski definition) is 1. The summed E-state index contributed by atoms with van der Waals surface area (Å²) in [5.74, 6) is 1.35. The summed E-state index contributed by atoms with van der Waals surface area (Å²) in [6, 6.07) is 18.8. The number of para-hydroxylation sites is 1. The molecule has 0 amide bonds. The van der Waals surface area contributed by atoms with E-state index in [4.69, 9.17) is 27.6 Å². The minimum absolute atomic E-state index is 0.497. The zero-order valence-corrected chi connectivity index (χ0v) is 13.0. The number of benzene rings is 2. The maximum absolute atomic E-state index is 6.01. The smallest absolute Gasteiger partial charge is 0.147 e. The predicted molar refractivity (Wildman–Crippen MR) is 91.8 cm³/mol. The number of anilines is 1. The second kappa shape index (κ2) is 6.69. The maximum atomic E-state index is 6.01. The molecule has 2 aromatic carbocycles. The lowest BCUT2D eigenvalue weighted by molar-refractivity contribution is 0.575. The number of nitrogens with one attached hydrogen (secondary N) is 1. The molecule has 0 unspecified atom stereocenters. The van der Waals surface area contributed by atoms with Gasteiger partial charge in [0.05, 0.1) is 21.9 Å². The van der Waals surface area contributed by atoms with E-state index in [1.165, 1.54) is 0 Å². The van der Waals surface area contributed by atoms with Gasteiger partial charge in [0.2, 0.25) is 0 Å². The zero-order chi connectivity index (χ0) is 15.4. The first kappa shape index (κ1) is 14.7. The fraction of sp³-hybridized carbons (Fsp3) is 0. The average molecular weight is 331 g/mol. The van der Waals surface area contributed by atoms with Gasteiger partial charge in [0.1, 0.15) is 11.5 Å². The van der Waals surface area contributed by atoms with E-state index in [9.17, 15) is 0 Å². The Morgan fingerprint density at radius 2 is 1.73 bits per heavy atom. The molecule has 0 aliphatic heterocycles. The number of nitrogens with zero attached hydrogens (tertiary/aromatic N) is 1. The molecule has 1 N–H and O–H groups in total. The molecule has 1 heterocycles. The van der Waals surface area contributed by atoms with Crippen LogP contribution < -0.4 is 5.43 Å². The molecule has 0 aliphatic rings. The van der Waals surface area contributed by atoms with Crippen LogP contribution in [-0.2, 0) is 0 Å². The first-order valence-corrected chi connectivity index (χ1v) is 7.37. The number of hydrogen-bond acceptors (Lipinski definition) is 3. The van der Waals surface area contributed by atoms with Crippen LogP contribution in [0.25, 0.3) is 11.3 Å². The van der Waals surface area contributed by atoms with Gasteiger partial charge in [-0.15, -0.1) is 0 Å². The molecule has 22 heavy (non-hydrogen) atoms. The van der Waals surface area contributed by atoms with Crippen LogP contribution in [0.4, 0.5) is 5.69 Å². The third kappa shape index (κ3) is 3.50. The van der Waals surface area contributed by atoms with E-state index in [0.29, 0.717) is 21.6 Å². The molecule has 5 heteroatoms. The Balaban J connectivity index is 1.72. The van der Waals surface area contributed by atoms with Gasteiger partial charge < -0.3 is 4.42 Å². The van der Waals surface area contributed by atoms with Crippen molar-refractivity contribution in [2.75, 3.05) is 5.43 Å². The highest BCUT2D eigenvalue weighted by atomic mass is 35.5. The molecule has 0 bridgehead atoms. The first-order valence-electron chi connectivity index (χ1n) is 6.62. The SMILES string of the molecule is Clc1ccc(-c2ccc(/C=N/Nc3ccccc3)o2)cc1Cl. The minimum Gasteiger partial charge on any atom is -0.455 e. The van der Waals surface area contributed by atoms with Crippen LogP contribution in [0.2, 0.25) is 10.0 Å². The van der Waals surface area contributed by atoms with Crippen LogP contribution in [0.5, 0.6) is 0 Å². The summed E-state index contributed by atoms with van der Waals surface area (Å²) in [7, 11) is 0. The second-order valence-corrected chi connectivity index (χ2v) is 5.38. The monoisotopic (exact) mass is 330 g/mol. The minimum atomic E-state index is 0.497. The highest BCUT2D eigenvalue weighted by Gasteiger charge is 2.06. The molecule has 1 aromatic heterocycles. The molecule has 3 nitrogen and oxygen atoms in total. The number of rotatable bonds is 4. The van der Waals surface area contributed by atoms with Gasteiger partial charge in [-0.1, -0.05) is 41.4 Å². The van der Waals surface area contributed by atoms with Crippen molar-refractivity contribution < 1.29 is 4.42 Å². The topological polar surface area (TPSA) is 37.5 Å². The zero-order valence-electron chi connectivity index (χ0n) is 11.5. The van der Waals surface area contributed by atoms with Gasteiger partial charge in [-0.3, -0.25) is 5.43 Å². The van der Waals surface area contributed by atoms with Crippen molar-refractivity contribution in [3.8, 4) is 11.3 Å². The summed E-state index contributed by atoms with van der Waals surface area (Å²) in [5.41, 5.74) is 4.71. The van der Waals surface area contributed by atoms with Crippen molar-refractivity contribution in [3.05, 3.63) is 76.5 Å². The summed E-state index contributed by atoms with van der Waals surface area (Å²) in [6.45, 7) is 0. The van der Waals surface area contributed by atoms with Crippen LogP contribution in [0.1, 0.15) is 5.76 Å². The van der Waals surface area contributed by atoms with Crippen molar-refractivity contribution >= 4 is 35.1 Å². The molecular formula is C17H12Cl2N2O. The molecule has 0 radical (unpaired) electrons. The largest absolute Gasteiger partial charge is 0.455 e. The van der Waals surface area contributed by atoms with Crippen LogP contribution in [0.15, 0.2) is 70.2 Å². The Morgan fingerprint density at radius 3 is 2.50 bits per heavy atom. The maximum Gasteiger partial charge on any atom is 0.147 e. The van der Waals surface area contributed by atoms with Crippen molar-refractivity contribution in [2.45, 2.75) is 0 Å².